The van der Waals surface area contributed by atoms with Crippen LogP contribution < -0.4 is 16.4 Å². The van der Waals surface area contributed by atoms with Gasteiger partial charge in [0.1, 0.15) is 17.3 Å². The summed E-state index contributed by atoms with van der Waals surface area (Å²) in [5.74, 6) is 0.885. The molecule has 1 heterocycles. The third-order valence-corrected chi connectivity index (χ3v) is 5.46. The molecule has 0 radical (unpaired) electrons. The molecule has 3 aliphatic rings. The summed E-state index contributed by atoms with van der Waals surface area (Å²) in [5.41, 5.74) is 9.02. The number of carbonyl (C=O) groups excluding carboxylic acids is 1. The van der Waals surface area contributed by atoms with E-state index in [0.717, 1.165) is 68.6 Å². The molecule has 0 aromatic rings. The first-order valence-corrected chi connectivity index (χ1v) is 9.07. The molecule has 1 spiro atoms. The van der Waals surface area contributed by atoms with Crippen molar-refractivity contribution in [3.05, 3.63) is 34.7 Å². The number of allylic oxidation sites excluding steroid dienone is 4. The third kappa shape index (κ3) is 3.49. The van der Waals surface area contributed by atoms with E-state index in [9.17, 15) is 4.79 Å². The SMILES string of the molecule is N=C(Cl)C1=CCC2(CCCC2)C(/C(N)=C/C=O)=C1NCC1=NCCN1. The van der Waals surface area contributed by atoms with Crippen molar-refractivity contribution in [1.29, 1.82) is 5.41 Å². The Morgan fingerprint density at radius 3 is 2.84 bits per heavy atom. The van der Waals surface area contributed by atoms with Gasteiger partial charge >= 0.3 is 0 Å². The van der Waals surface area contributed by atoms with E-state index in [1.807, 2.05) is 6.08 Å². The van der Waals surface area contributed by atoms with Gasteiger partial charge in [-0.25, -0.2) is 0 Å². The van der Waals surface area contributed by atoms with Gasteiger partial charge in [-0.1, -0.05) is 30.5 Å². The van der Waals surface area contributed by atoms with Gasteiger partial charge in [0.25, 0.3) is 0 Å². The number of nitrogens with two attached hydrogens (primary N) is 1. The first-order valence-electron chi connectivity index (χ1n) is 8.69. The van der Waals surface area contributed by atoms with Crippen molar-refractivity contribution < 1.29 is 4.79 Å². The van der Waals surface area contributed by atoms with Crippen LogP contribution >= 0.6 is 11.6 Å². The van der Waals surface area contributed by atoms with E-state index in [-0.39, 0.29) is 10.6 Å². The minimum absolute atomic E-state index is 0.0203. The molecule has 0 bridgehead atoms. The maximum Gasteiger partial charge on any atom is 0.144 e. The third-order valence-electron chi connectivity index (χ3n) is 5.26. The van der Waals surface area contributed by atoms with E-state index < -0.39 is 0 Å². The number of nitrogens with zero attached hydrogens (tertiary/aromatic N) is 1. The van der Waals surface area contributed by atoms with Crippen LogP contribution in [0.1, 0.15) is 32.1 Å². The molecular formula is C18H24ClN5O. The molecular weight excluding hydrogens is 338 g/mol. The normalized spacial score (nSPS) is 22.5. The first kappa shape index (κ1) is 17.7. The molecule has 1 saturated carbocycles. The number of rotatable bonds is 6. The number of aldehydes is 1. The lowest BCUT2D eigenvalue weighted by atomic mass is 9.69. The van der Waals surface area contributed by atoms with Crippen molar-refractivity contribution in [2.45, 2.75) is 32.1 Å². The molecule has 0 unspecified atom stereocenters. The van der Waals surface area contributed by atoms with Gasteiger partial charge in [-0.05, 0) is 19.3 Å². The minimum Gasteiger partial charge on any atom is -0.398 e. The van der Waals surface area contributed by atoms with Crippen LogP contribution in [0.3, 0.4) is 0 Å². The molecule has 7 heteroatoms. The zero-order chi connectivity index (χ0) is 17.9. The number of aliphatic imine (C=N–C) groups is 1. The lowest BCUT2D eigenvalue weighted by Crippen LogP contribution is -2.37. The second-order valence-corrected chi connectivity index (χ2v) is 7.12. The second-order valence-electron chi connectivity index (χ2n) is 6.74. The maximum absolute atomic E-state index is 11.0. The van der Waals surface area contributed by atoms with Crippen LogP contribution in [0.25, 0.3) is 0 Å². The van der Waals surface area contributed by atoms with Gasteiger partial charge in [0.05, 0.1) is 18.8 Å². The van der Waals surface area contributed by atoms with E-state index in [1.165, 1.54) is 6.08 Å². The van der Waals surface area contributed by atoms with E-state index in [4.69, 9.17) is 22.7 Å². The average Bonchev–Trinajstić information content (AvgIpc) is 3.25. The van der Waals surface area contributed by atoms with Crippen LogP contribution in [-0.4, -0.2) is 36.9 Å². The van der Waals surface area contributed by atoms with Crippen molar-refractivity contribution >= 4 is 28.9 Å². The Balaban J connectivity index is 2.04. The molecule has 0 amide bonds. The molecule has 0 saturated heterocycles. The highest BCUT2D eigenvalue weighted by molar-refractivity contribution is 6.69. The summed E-state index contributed by atoms with van der Waals surface area (Å²) in [6.45, 7) is 2.13. The van der Waals surface area contributed by atoms with Crippen molar-refractivity contribution in [2.24, 2.45) is 16.1 Å². The predicted octanol–water partition coefficient (Wildman–Crippen LogP) is 1.98. The van der Waals surface area contributed by atoms with Gasteiger partial charge in [0.15, 0.2) is 0 Å². The Bertz CT molecular complexity index is 698. The minimum atomic E-state index is -0.0767. The molecule has 5 N–H and O–H groups in total. The fraction of sp³-hybridized carbons (Fsp3) is 0.500. The quantitative estimate of drug-likeness (QED) is 0.330. The smallest absolute Gasteiger partial charge is 0.144 e. The number of amidine groups is 1. The Hall–Kier alpha value is -2.08. The summed E-state index contributed by atoms with van der Waals surface area (Å²) in [5, 5.41) is 14.5. The zero-order valence-electron chi connectivity index (χ0n) is 14.2. The summed E-state index contributed by atoms with van der Waals surface area (Å²) in [4.78, 5) is 15.4. The summed E-state index contributed by atoms with van der Waals surface area (Å²) >= 11 is 6.05. The topological polar surface area (TPSA) is 103 Å². The van der Waals surface area contributed by atoms with E-state index in [1.54, 1.807) is 0 Å². The molecule has 25 heavy (non-hydrogen) atoms. The zero-order valence-corrected chi connectivity index (χ0v) is 15.0. The van der Waals surface area contributed by atoms with Crippen LogP contribution in [-0.2, 0) is 4.79 Å². The van der Waals surface area contributed by atoms with Crippen molar-refractivity contribution in [3.63, 3.8) is 0 Å². The van der Waals surface area contributed by atoms with Gasteiger partial charge in [-0.15, -0.1) is 0 Å². The summed E-state index contributed by atoms with van der Waals surface area (Å²) in [6, 6.07) is 0. The molecule has 0 aromatic heterocycles. The number of hydrogen-bond acceptors (Lipinski definition) is 6. The lowest BCUT2D eigenvalue weighted by molar-refractivity contribution is -0.104. The Labute approximate surface area is 152 Å². The number of nitrogens with one attached hydrogen (secondary N) is 3. The highest BCUT2D eigenvalue weighted by Crippen LogP contribution is 2.52. The van der Waals surface area contributed by atoms with Crippen LogP contribution in [0, 0.1) is 10.8 Å². The Morgan fingerprint density at radius 2 is 2.24 bits per heavy atom. The average molecular weight is 362 g/mol. The molecule has 1 aliphatic heterocycles. The van der Waals surface area contributed by atoms with Gasteiger partial charge in [0.2, 0.25) is 0 Å². The van der Waals surface area contributed by atoms with Crippen LogP contribution in [0.2, 0.25) is 0 Å². The summed E-state index contributed by atoms with van der Waals surface area (Å²) < 4.78 is 0. The van der Waals surface area contributed by atoms with Crippen molar-refractivity contribution in [1.82, 2.24) is 10.6 Å². The molecule has 0 aromatic carbocycles. The van der Waals surface area contributed by atoms with Gasteiger partial charge in [-0.2, -0.15) is 0 Å². The lowest BCUT2D eigenvalue weighted by Gasteiger charge is -2.38. The van der Waals surface area contributed by atoms with Crippen molar-refractivity contribution in [2.75, 3.05) is 19.6 Å². The molecule has 2 aliphatic carbocycles. The van der Waals surface area contributed by atoms with Crippen LogP contribution in [0.4, 0.5) is 0 Å². The molecule has 6 nitrogen and oxygen atoms in total. The predicted molar refractivity (Wildman–Crippen MR) is 101 cm³/mol. The van der Waals surface area contributed by atoms with E-state index >= 15 is 0 Å². The largest absolute Gasteiger partial charge is 0.398 e. The fourth-order valence-corrected chi connectivity index (χ4v) is 4.31. The van der Waals surface area contributed by atoms with Gasteiger partial charge < -0.3 is 16.4 Å². The molecule has 0 atom stereocenters. The summed E-state index contributed by atoms with van der Waals surface area (Å²) in [6.07, 6.45) is 9.29. The van der Waals surface area contributed by atoms with E-state index in [0.29, 0.717) is 17.8 Å². The highest BCUT2D eigenvalue weighted by atomic mass is 35.5. The monoisotopic (exact) mass is 361 g/mol. The fourth-order valence-electron chi connectivity index (χ4n) is 4.13. The van der Waals surface area contributed by atoms with E-state index in [2.05, 4.69) is 15.6 Å². The number of carbonyl (C=O) groups is 1. The van der Waals surface area contributed by atoms with Crippen LogP contribution in [0.5, 0.6) is 0 Å². The number of hydrogen-bond donors (Lipinski definition) is 4. The molecule has 1 fully saturated rings. The number of halogens is 1. The molecule has 134 valence electrons. The van der Waals surface area contributed by atoms with Gasteiger partial charge in [-0.3, -0.25) is 15.2 Å². The summed E-state index contributed by atoms with van der Waals surface area (Å²) in [7, 11) is 0. The molecule has 3 rings (SSSR count). The Morgan fingerprint density at radius 1 is 1.48 bits per heavy atom. The van der Waals surface area contributed by atoms with Crippen molar-refractivity contribution in [3.8, 4) is 0 Å². The maximum atomic E-state index is 11.0. The standard InChI is InChI=1S/C18H24ClN5O/c19-17(21)12-3-7-18(5-1-2-6-18)15(13(20)4-10-25)16(12)24-11-14-22-8-9-23-14/h3-4,10,21,24H,1-2,5-9,11,20H2,(H,22,23)/b13-4-,21-17?. The highest BCUT2D eigenvalue weighted by Gasteiger charge is 2.42. The van der Waals surface area contributed by atoms with Gasteiger partial charge in [0, 0.05) is 34.9 Å². The Kier molecular flexibility index (Phi) is 5.27. The second kappa shape index (κ2) is 7.44. The first-order chi connectivity index (χ1) is 12.1. The van der Waals surface area contributed by atoms with Crippen LogP contribution in [0.15, 0.2) is 39.7 Å².